The first-order chi connectivity index (χ1) is 9.06. The van der Waals surface area contributed by atoms with E-state index in [1.807, 2.05) is 13.8 Å². The van der Waals surface area contributed by atoms with E-state index < -0.39 is 12.1 Å². The van der Waals surface area contributed by atoms with Gasteiger partial charge in [-0.25, -0.2) is 0 Å². The van der Waals surface area contributed by atoms with E-state index in [4.69, 9.17) is 0 Å². The van der Waals surface area contributed by atoms with Crippen molar-refractivity contribution in [3.63, 3.8) is 0 Å². The van der Waals surface area contributed by atoms with Crippen LogP contribution >= 0.6 is 11.3 Å². The molecule has 1 fully saturated rings. The number of H-pyrrole nitrogens is 1. The lowest BCUT2D eigenvalue weighted by molar-refractivity contribution is -0.150. The van der Waals surface area contributed by atoms with E-state index in [1.54, 1.807) is 10.3 Å². The lowest BCUT2D eigenvalue weighted by Crippen LogP contribution is -2.62. The summed E-state index contributed by atoms with van der Waals surface area (Å²) in [5, 5.41) is 4.43. The van der Waals surface area contributed by atoms with Gasteiger partial charge in [0.15, 0.2) is 0 Å². The minimum Gasteiger partial charge on any atom is -0.343 e. The average Bonchev–Trinajstić information content (AvgIpc) is 2.79. The molecule has 1 saturated heterocycles. The summed E-state index contributed by atoms with van der Waals surface area (Å²) in [5.74, 6) is -0.201. The van der Waals surface area contributed by atoms with Gasteiger partial charge in [0, 0.05) is 11.1 Å². The van der Waals surface area contributed by atoms with Crippen molar-refractivity contribution in [2.24, 2.45) is 0 Å². The highest BCUT2D eigenvalue weighted by Crippen LogP contribution is 2.17. The number of hydrogen-bond acceptors (Lipinski definition) is 4. The molecule has 0 spiro atoms. The number of aromatic amines is 1. The van der Waals surface area contributed by atoms with Crippen LogP contribution in [0.1, 0.15) is 32.4 Å². The highest BCUT2D eigenvalue weighted by atomic mass is 32.1. The lowest BCUT2D eigenvalue weighted by atomic mass is 10.0. The fourth-order valence-electron chi connectivity index (χ4n) is 2.27. The monoisotopic (exact) mass is 283 g/mol. The molecule has 2 atom stereocenters. The van der Waals surface area contributed by atoms with E-state index in [9.17, 15) is 14.4 Å². The van der Waals surface area contributed by atoms with Crippen LogP contribution in [0.4, 0.5) is 0 Å². The van der Waals surface area contributed by atoms with Crippen molar-refractivity contribution in [2.45, 2.75) is 45.3 Å². The van der Waals surface area contributed by atoms with E-state index in [1.165, 1.54) is 0 Å². The van der Waals surface area contributed by atoms with Gasteiger partial charge in [0.2, 0.25) is 11.8 Å². The summed E-state index contributed by atoms with van der Waals surface area (Å²) in [6.07, 6.45) is 1.13. The number of aromatic nitrogens is 1. The van der Waals surface area contributed by atoms with Crippen LogP contribution in [-0.2, 0) is 16.1 Å². The van der Waals surface area contributed by atoms with Crippen LogP contribution in [0.25, 0.3) is 0 Å². The molecule has 19 heavy (non-hydrogen) atoms. The quantitative estimate of drug-likeness (QED) is 0.842. The first-order valence-corrected chi connectivity index (χ1v) is 7.22. The molecule has 0 aromatic carbocycles. The number of carbonyl (C=O) groups excluding carboxylic acids is 2. The topological polar surface area (TPSA) is 82.3 Å². The number of thiazole rings is 1. The molecule has 1 aliphatic heterocycles. The second kappa shape index (κ2) is 5.56. The van der Waals surface area contributed by atoms with Gasteiger partial charge in [-0.05, 0) is 12.8 Å². The molecule has 2 N–H and O–H groups in total. The molecule has 104 valence electrons. The Bertz CT molecular complexity index is 536. The first-order valence-electron chi connectivity index (χ1n) is 6.34. The zero-order valence-corrected chi connectivity index (χ0v) is 11.8. The second-order valence-corrected chi connectivity index (χ2v) is 5.38. The number of hydrogen-bond donors (Lipinski definition) is 2. The number of carbonyl (C=O) groups is 2. The summed E-state index contributed by atoms with van der Waals surface area (Å²) >= 11 is 1.06. The minimum absolute atomic E-state index is 0.0824. The van der Waals surface area contributed by atoms with Crippen molar-refractivity contribution >= 4 is 23.2 Å². The van der Waals surface area contributed by atoms with Crippen LogP contribution in [0.2, 0.25) is 0 Å². The molecule has 2 amide bonds. The number of rotatable bonds is 4. The zero-order chi connectivity index (χ0) is 14.0. The molecule has 7 heteroatoms. The molecule has 1 aliphatic rings. The van der Waals surface area contributed by atoms with E-state index in [0.29, 0.717) is 18.5 Å². The van der Waals surface area contributed by atoms with Gasteiger partial charge in [-0.1, -0.05) is 25.2 Å². The van der Waals surface area contributed by atoms with Crippen LogP contribution in [-0.4, -0.2) is 33.8 Å². The number of piperazine rings is 1. The Labute approximate surface area is 114 Å². The van der Waals surface area contributed by atoms with Crippen molar-refractivity contribution < 1.29 is 9.59 Å². The van der Waals surface area contributed by atoms with Gasteiger partial charge in [0.05, 0.1) is 6.54 Å². The third-order valence-electron chi connectivity index (χ3n) is 3.28. The maximum atomic E-state index is 12.3. The van der Waals surface area contributed by atoms with Gasteiger partial charge < -0.3 is 15.2 Å². The summed E-state index contributed by atoms with van der Waals surface area (Å²) < 4.78 is 0. The number of amides is 2. The van der Waals surface area contributed by atoms with Gasteiger partial charge in [-0.15, -0.1) is 0 Å². The molecular formula is C12H17N3O3S. The maximum Gasteiger partial charge on any atom is 0.304 e. The van der Waals surface area contributed by atoms with E-state index >= 15 is 0 Å². The van der Waals surface area contributed by atoms with Crippen molar-refractivity contribution in [3.05, 3.63) is 20.7 Å². The molecular weight excluding hydrogens is 266 g/mol. The van der Waals surface area contributed by atoms with Crippen molar-refractivity contribution in [3.8, 4) is 0 Å². The van der Waals surface area contributed by atoms with Crippen LogP contribution < -0.4 is 10.2 Å². The molecule has 0 aliphatic carbocycles. The zero-order valence-electron chi connectivity index (χ0n) is 10.9. The molecule has 2 unspecified atom stereocenters. The Morgan fingerprint density at radius 2 is 2.00 bits per heavy atom. The minimum atomic E-state index is -0.460. The van der Waals surface area contributed by atoms with E-state index in [-0.39, 0.29) is 23.2 Å². The summed E-state index contributed by atoms with van der Waals surface area (Å²) in [4.78, 5) is 39.5. The number of nitrogens with zero attached hydrogens (tertiary/aromatic N) is 1. The Morgan fingerprint density at radius 3 is 2.53 bits per heavy atom. The molecule has 0 bridgehead atoms. The fourth-order valence-corrected chi connectivity index (χ4v) is 2.84. The predicted octanol–water partition coefficient (Wildman–Crippen LogP) is 0.452. The predicted molar refractivity (Wildman–Crippen MR) is 71.8 cm³/mol. The second-order valence-electron chi connectivity index (χ2n) is 4.53. The molecule has 0 saturated carbocycles. The average molecular weight is 283 g/mol. The molecule has 6 nitrogen and oxygen atoms in total. The van der Waals surface area contributed by atoms with Gasteiger partial charge in [-0.2, -0.15) is 0 Å². The van der Waals surface area contributed by atoms with Gasteiger partial charge in [0.25, 0.3) is 0 Å². The Balaban J connectivity index is 2.24. The van der Waals surface area contributed by atoms with Crippen LogP contribution in [0.3, 0.4) is 0 Å². The third-order valence-corrected chi connectivity index (χ3v) is 4.00. The molecule has 1 aromatic rings. The normalized spacial score (nSPS) is 23.6. The largest absolute Gasteiger partial charge is 0.343 e. The summed E-state index contributed by atoms with van der Waals surface area (Å²) in [7, 11) is 0. The lowest BCUT2D eigenvalue weighted by Gasteiger charge is -2.38. The highest BCUT2D eigenvalue weighted by Gasteiger charge is 2.38. The molecule has 2 heterocycles. The smallest absolute Gasteiger partial charge is 0.304 e. The Morgan fingerprint density at radius 1 is 1.26 bits per heavy atom. The van der Waals surface area contributed by atoms with E-state index in [0.717, 1.165) is 11.3 Å². The van der Waals surface area contributed by atoms with Gasteiger partial charge >= 0.3 is 4.87 Å². The summed E-state index contributed by atoms with van der Waals surface area (Å²) in [5.41, 5.74) is 0.673. The Hall–Kier alpha value is -1.63. The van der Waals surface area contributed by atoms with Crippen LogP contribution in [0, 0.1) is 0 Å². The third kappa shape index (κ3) is 2.70. The van der Waals surface area contributed by atoms with Crippen molar-refractivity contribution in [1.29, 1.82) is 0 Å². The highest BCUT2D eigenvalue weighted by molar-refractivity contribution is 7.07. The maximum absolute atomic E-state index is 12.3. The number of nitrogens with one attached hydrogen (secondary N) is 2. The van der Waals surface area contributed by atoms with Crippen LogP contribution in [0.15, 0.2) is 10.2 Å². The van der Waals surface area contributed by atoms with Crippen LogP contribution in [0.5, 0.6) is 0 Å². The summed E-state index contributed by atoms with van der Waals surface area (Å²) in [6.45, 7) is 4.01. The first kappa shape index (κ1) is 13.8. The fraction of sp³-hybridized carbons (Fsp3) is 0.583. The SMILES string of the molecule is CCC1NC(=O)C(CC)N(Cc2csc(=O)[nH]2)C1=O. The molecule has 2 rings (SSSR count). The molecule has 1 aromatic heterocycles. The van der Waals surface area contributed by atoms with Gasteiger partial charge in [-0.3, -0.25) is 14.4 Å². The van der Waals surface area contributed by atoms with Gasteiger partial charge in [0.1, 0.15) is 12.1 Å². The standard InChI is InChI=1S/C12H17N3O3S/c1-3-8-11(17)15(9(4-2)10(16)14-8)5-7-6-19-12(18)13-7/h6,8-9H,3-5H2,1-2H3,(H,13,18)(H,14,16). The Kier molecular flexibility index (Phi) is 4.04. The summed E-state index contributed by atoms with van der Waals surface area (Å²) in [6, 6.07) is -0.917. The van der Waals surface area contributed by atoms with Crippen molar-refractivity contribution in [2.75, 3.05) is 0 Å². The van der Waals surface area contributed by atoms with Crippen molar-refractivity contribution in [1.82, 2.24) is 15.2 Å². The molecule has 0 radical (unpaired) electrons. The van der Waals surface area contributed by atoms with E-state index in [2.05, 4.69) is 10.3 Å².